The Bertz CT molecular complexity index is 451. The quantitative estimate of drug-likeness (QED) is 0.902. The molecule has 0 amide bonds. The van der Waals surface area contributed by atoms with Gasteiger partial charge in [0.25, 0.3) is 0 Å². The molecule has 1 aromatic carbocycles. The highest BCUT2D eigenvalue weighted by atomic mass is 15.1. The Morgan fingerprint density at radius 1 is 1.19 bits per heavy atom. The predicted octanol–water partition coefficient (Wildman–Crippen LogP) is 4.15. The second-order valence-corrected chi connectivity index (χ2v) is 7.21. The molecule has 1 aromatic rings. The number of nitrogens with two attached hydrogens (primary N) is 1. The first kappa shape index (κ1) is 16.4. The molecule has 2 atom stereocenters. The fourth-order valence-electron chi connectivity index (χ4n) is 3.50. The van der Waals surface area contributed by atoms with E-state index < -0.39 is 0 Å². The molecule has 1 aliphatic rings. The lowest BCUT2D eigenvalue weighted by Crippen LogP contribution is -2.25. The molecule has 0 radical (unpaired) electrons. The minimum atomic E-state index is 0.236. The van der Waals surface area contributed by atoms with E-state index in [4.69, 9.17) is 5.73 Å². The first-order valence-electron chi connectivity index (χ1n) is 8.57. The summed E-state index contributed by atoms with van der Waals surface area (Å²) in [5.74, 6) is 1.72. The van der Waals surface area contributed by atoms with Crippen LogP contribution in [-0.2, 0) is 6.42 Å². The van der Waals surface area contributed by atoms with E-state index in [-0.39, 0.29) is 6.04 Å². The van der Waals surface area contributed by atoms with Crippen LogP contribution in [0.4, 0.5) is 5.69 Å². The average molecular weight is 288 g/mol. The van der Waals surface area contributed by atoms with Crippen LogP contribution in [0.15, 0.2) is 18.2 Å². The number of benzene rings is 1. The summed E-state index contributed by atoms with van der Waals surface area (Å²) in [5, 5.41) is 0. The Kier molecular flexibility index (Phi) is 5.69. The Morgan fingerprint density at radius 3 is 2.57 bits per heavy atom. The van der Waals surface area contributed by atoms with E-state index in [0.717, 1.165) is 18.3 Å². The van der Waals surface area contributed by atoms with E-state index >= 15 is 0 Å². The van der Waals surface area contributed by atoms with Crippen molar-refractivity contribution in [3.05, 3.63) is 29.3 Å². The molecule has 0 bridgehead atoms. The second-order valence-electron chi connectivity index (χ2n) is 7.21. The maximum Gasteiger partial charge on any atom is 0.0369 e. The highest BCUT2D eigenvalue weighted by Gasteiger charge is 2.19. The van der Waals surface area contributed by atoms with Crippen LogP contribution in [0, 0.1) is 18.8 Å². The van der Waals surface area contributed by atoms with Crippen LogP contribution in [0.5, 0.6) is 0 Å². The molecular formula is C19H32N2. The summed E-state index contributed by atoms with van der Waals surface area (Å²) in [5.41, 5.74) is 10.1. The Morgan fingerprint density at radius 2 is 1.95 bits per heavy atom. The highest BCUT2D eigenvalue weighted by Crippen LogP contribution is 2.28. The van der Waals surface area contributed by atoms with Crippen LogP contribution in [-0.4, -0.2) is 19.1 Å². The number of rotatable bonds is 4. The van der Waals surface area contributed by atoms with Gasteiger partial charge in [0, 0.05) is 24.8 Å². The van der Waals surface area contributed by atoms with Crippen molar-refractivity contribution < 1.29 is 0 Å². The monoisotopic (exact) mass is 288 g/mol. The van der Waals surface area contributed by atoms with Crippen molar-refractivity contribution in [2.75, 3.05) is 18.0 Å². The van der Waals surface area contributed by atoms with Gasteiger partial charge in [0.15, 0.2) is 0 Å². The number of aryl methyl sites for hydroxylation is 1. The summed E-state index contributed by atoms with van der Waals surface area (Å²) in [6.45, 7) is 11.4. The Labute approximate surface area is 130 Å². The van der Waals surface area contributed by atoms with Crippen LogP contribution < -0.4 is 10.6 Å². The SMILES string of the molecule is Cc1cc(N2CCCC(C(C)C)CC2)ccc1CC(C)N. The number of nitrogens with zero attached hydrogens (tertiary/aromatic N) is 1. The summed E-state index contributed by atoms with van der Waals surface area (Å²) >= 11 is 0. The summed E-state index contributed by atoms with van der Waals surface area (Å²) in [7, 11) is 0. The minimum absolute atomic E-state index is 0.236. The number of hydrogen-bond donors (Lipinski definition) is 1. The summed E-state index contributed by atoms with van der Waals surface area (Å²) in [6, 6.07) is 7.16. The number of anilines is 1. The van der Waals surface area contributed by atoms with Crippen molar-refractivity contribution >= 4 is 5.69 Å². The van der Waals surface area contributed by atoms with Gasteiger partial charge in [-0.05, 0) is 74.6 Å². The van der Waals surface area contributed by atoms with E-state index in [0.29, 0.717) is 0 Å². The van der Waals surface area contributed by atoms with E-state index in [1.54, 1.807) is 0 Å². The van der Waals surface area contributed by atoms with Crippen molar-refractivity contribution in [2.24, 2.45) is 17.6 Å². The van der Waals surface area contributed by atoms with Gasteiger partial charge in [-0.2, -0.15) is 0 Å². The van der Waals surface area contributed by atoms with Crippen LogP contribution >= 0.6 is 0 Å². The molecule has 2 heteroatoms. The van der Waals surface area contributed by atoms with Gasteiger partial charge >= 0.3 is 0 Å². The van der Waals surface area contributed by atoms with Crippen LogP contribution in [0.3, 0.4) is 0 Å². The van der Waals surface area contributed by atoms with Crippen molar-refractivity contribution in [3.63, 3.8) is 0 Å². The minimum Gasteiger partial charge on any atom is -0.372 e. The largest absolute Gasteiger partial charge is 0.372 e. The van der Waals surface area contributed by atoms with Gasteiger partial charge in [-0.3, -0.25) is 0 Å². The Hall–Kier alpha value is -1.02. The normalized spacial score (nSPS) is 21.4. The third-order valence-corrected chi connectivity index (χ3v) is 4.95. The standard InChI is InChI=1S/C19H32N2/c1-14(2)17-6-5-10-21(11-9-17)19-8-7-18(13-16(4)20)15(3)12-19/h7-8,12,14,16-17H,5-6,9-11,13,20H2,1-4H3. The van der Waals surface area contributed by atoms with Gasteiger partial charge in [-0.1, -0.05) is 19.9 Å². The zero-order valence-corrected chi connectivity index (χ0v) is 14.2. The topological polar surface area (TPSA) is 29.3 Å². The van der Waals surface area contributed by atoms with Crippen LogP contribution in [0.1, 0.15) is 51.2 Å². The molecule has 0 aromatic heterocycles. The summed E-state index contributed by atoms with van der Waals surface area (Å²) in [6.07, 6.45) is 5.01. The molecule has 1 heterocycles. The molecule has 21 heavy (non-hydrogen) atoms. The fraction of sp³-hybridized carbons (Fsp3) is 0.684. The molecule has 2 N–H and O–H groups in total. The van der Waals surface area contributed by atoms with Crippen LogP contribution in [0.25, 0.3) is 0 Å². The first-order chi connectivity index (χ1) is 9.97. The maximum absolute atomic E-state index is 5.93. The molecule has 0 saturated carbocycles. The van der Waals surface area contributed by atoms with E-state index in [9.17, 15) is 0 Å². The molecule has 1 fully saturated rings. The van der Waals surface area contributed by atoms with Gasteiger partial charge in [0.05, 0.1) is 0 Å². The lowest BCUT2D eigenvalue weighted by atomic mass is 9.89. The van der Waals surface area contributed by atoms with Gasteiger partial charge in [0.2, 0.25) is 0 Å². The summed E-state index contributed by atoms with van der Waals surface area (Å²) in [4.78, 5) is 2.57. The fourth-order valence-corrected chi connectivity index (χ4v) is 3.50. The molecular weight excluding hydrogens is 256 g/mol. The molecule has 2 unspecified atom stereocenters. The molecule has 0 spiro atoms. The molecule has 0 aliphatic carbocycles. The molecule has 1 aliphatic heterocycles. The smallest absolute Gasteiger partial charge is 0.0369 e. The van der Waals surface area contributed by atoms with E-state index in [2.05, 4.69) is 50.8 Å². The maximum atomic E-state index is 5.93. The Balaban J connectivity index is 2.06. The summed E-state index contributed by atoms with van der Waals surface area (Å²) < 4.78 is 0. The van der Waals surface area contributed by atoms with Crippen molar-refractivity contribution in [3.8, 4) is 0 Å². The van der Waals surface area contributed by atoms with Crippen molar-refractivity contribution in [1.82, 2.24) is 0 Å². The second kappa shape index (κ2) is 7.31. The zero-order chi connectivity index (χ0) is 15.4. The average Bonchev–Trinajstić information content (AvgIpc) is 2.66. The van der Waals surface area contributed by atoms with Gasteiger partial charge < -0.3 is 10.6 Å². The van der Waals surface area contributed by atoms with Gasteiger partial charge in [-0.25, -0.2) is 0 Å². The molecule has 1 saturated heterocycles. The van der Waals surface area contributed by atoms with Crippen molar-refractivity contribution in [1.29, 1.82) is 0 Å². The predicted molar refractivity (Wildman–Crippen MR) is 92.9 cm³/mol. The highest BCUT2D eigenvalue weighted by molar-refractivity contribution is 5.51. The molecule has 2 nitrogen and oxygen atoms in total. The zero-order valence-electron chi connectivity index (χ0n) is 14.2. The lowest BCUT2D eigenvalue weighted by molar-refractivity contribution is 0.351. The van der Waals surface area contributed by atoms with Gasteiger partial charge in [-0.15, -0.1) is 0 Å². The van der Waals surface area contributed by atoms with E-state index in [1.165, 1.54) is 49.2 Å². The molecule has 118 valence electrons. The third-order valence-electron chi connectivity index (χ3n) is 4.95. The van der Waals surface area contributed by atoms with E-state index in [1.807, 2.05) is 0 Å². The van der Waals surface area contributed by atoms with Gasteiger partial charge in [0.1, 0.15) is 0 Å². The lowest BCUT2D eigenvalue weighted by Gasteiger charge is -2.24. The first-order valence-corrected chi connectivity index (χ1v) is 8.57. The molecule has 2 rings (SSSR count). The third kappa shape index (κ3) is 4.47. The number of hydrogen-bond acceptors (Lipinski definition) is 2. The van der Waals surface area contributed by atoms with Crippen molar-refractivity contribution in [2.45, 2.75) is 59.4 Å². The van der Waals surface area contributed by atoms with Crippen LogP contribution in [0.2, 0.25) is 0 Å².